The summed E-state index contributed by atoms with van der Waals surface area (Å²) in [4.78, 5) is 0. The van der Waals surface area contributed by atoms with Gasteiger partial charge in [0.2, 0.25) is 0 Å². The molecule has 0 N–H and O–H groups in total. The van der Waals surface area contributed by atoms with E-state index in [9.17, 15) is 5.11 Å². The molecule has 0 fully saturated rings. The van der Waals surface area contributed by atoms with Crippen LogP contribution in [0.2, 0.25) is 0 Å². The van der Waals surface area contributed by atoms with E-state index < -0.39 is 0 Å². The molecule has 0 atom stereocenters. The van der Waals surface area contributed by atoms with E-state index >= 15 is 0 Å². The van der Waals surface area contributed by atoms with Crippen LogP contribution in [0.1, 0.15) is 5.56 Å². The summed E-state index contributed by atoms with van der Waals surface area (Å²) in [5.41, 5.74) is 1.01. The van der Waals surface area contributed by atoms with Crippen molar-refractivity contribution in [3.63, 3.8) is 0 Å². The number of benzene rings is 1. The van der Waals surface area contributed by atoms with E-state index in [1.165, 1.54) is 0 Å². The van der Waals surface area contributed by atoms with Crippen LogP contribution in [-0.4, -0.2) is 0 Å². The van der Waals surface area contributed by atoms with Gasteiger partial charge in [-0.1, -0.05) is 115 Å². The van der Waals surface area contributed by atoms with E-state index in [1.807, 2.05) is 145 Å². The molecular weight excluding hydrogens is 354 g/mol. The summed E-state index contributed by atoms with van der Waals surface area (Å²) < 4.78 is 1.99. The van der Waals surface area contributed by atoms with Crippen molar-refractivity contribution in [1.29, 1.82) is 0 Å². The molecule has 2 aromatic rings. The second-order valence-electron chi connectivity index (χ2n) is 5.90. The lowest BCUT2D eigenvalue weighted by Gasteiger charge is -2.02. The van der Waals surface area contributed by atoms with Gasteiger partial charge in [0.1, 0.15) is 0 Å². The summed E-state index contributed by atoms with van der Waals surface area (Å²) in [6.45, 7) is 0. The molecule has 0 amide bonds. The van der Waals surface area contributed by atoms with Gasteiger partial charge < -0.3 is 5.11 Å². The van der Waals surface area contributed by atoms with Crippen molar-refractivity contribution in [3.8, 4) is 5.75 Å². The summed E-state index contributed by atoms with van der Waals surface area (Å²) in [7, 11) is 0. The number of hydrogen-bond donors (Lipinski definition) is 0. The molecule has 0 saturated heterocycles. The van der Waals surface area contributed by atoms with Crippen LogP contribution < -0.4 is 9.67 Å². The topological polar surface area (TPSA) is 26.9 Å². The van der Waals surface area contributed by atoms with E-state index in [-0.39, 0.29) is 5.75 Å². The van der Waals surface area contributed by atoms with Crippen LogP contribution in [0.5, 0.6) is 5.75 Å². The Kier molecular flexibility index (Phi) is 10.5. The van der Waals surface area contributed by atoms with Crippen LogP contribution in [0.4, 0.5) is 0 Å². The second-order valence-corrected chi connectivity index (χ2v) is 5.90. The van der Waals surface area contributed by atoms with Crippen LogP contribution >= 0.6 is 0 Å². The number of allylic oxidation sites excluding steroid dienone is 14. The molecule has 2 nitrogen and oxygen atoms in total. The number of rotatable bonds is 9. The van der Waals surface area contributed by atoms with Crippen molar-refractivity contribution in [2.75, 3.05) is 0 Å². The van der Waals surface area contributed by atoms with Crippen LogP contribution in [0, 0.1) is 0 Å². The van der Waals surface area contributed by atoms with Gasteiger partial charge in [-0.3, -0.25) is 0 Å². The average molecular weight is 380 g/mol. The first-order valence-electron chi connectivity index (χ1n) is 9.42. The first-order chi connectivity index (χ1) is 14.3. The Morgan fingerprint density at radius 1 is 0.517 bits per heavy atom. The SMILES string of the molecule is [O-]c1ccc(/C=C/C=C/C=C/C=C/C=C/C=C/C=C/C=C/[n+]2ccccc2)cc1. The van der Waals surface area contributed by atoms with Crippen molar-refractivity contribution in [1.82, 2.24) is 0 Å². The minimum atomic E-state index is 0.0311. The summed E-state index contributed by atoms with van der Waals surface area (Å²) in [6, 6.07) is 12.7. The van der Waals surface area contributed by atoms with Gasteiger partial charge in [0, 0.05) is 18.2 Å². The number of aromatic nitrogens is 1. The molecule has 1 aromatic carbocycles. The molecule has 0 saturated carbocycles. The van der Waals surface area contributed by atoms with Gasteiger partial charge in [0.25, 0.3) is 0 Å². The fraction of sp³-hybridized carbons (Fsp3) is 0. The summed E-state index contributed by atoms with van der Waals surface area (Å²) in [5, 5.41) is 11.0. The van der Waals surface area contributed by atoms with Crippen LogP contribution in [0.25, 0.3) is 12.3 Å². The number of pyridine rings is 1. The molecule has 144 valence electrons. The zero-order valence-corrected chi connectivity index (χ0v) is 16.3. The normalized spacial score (nSPS) is 13.2. The fourth-order valence-corrected chi connectivity index (χ4v) is 2.18. The maximum absolute atomic E-state index is 11.0. The third-order valence-corrected chi connectivity index (χ3v) is 3.61. The number of hydrogen-bond acceptors (Lipinski definition) is 1. The molecule has 0 radical (unpaired) electrons. The zero-order valence-electron chi connectivity index (χ0n) is 16.3. The van der Waals surface area contributed by atoms with Gasteiger partial charge in [0.15, 0.2) is 18.6 Å². The van der Waals surface area contributed by atoms with Gasteiger partial charge in [-0.15, -0.1) is 5.75 Å². The Bertz CT molecular complexity index is 938. The molecule has 0 bridgehead atoms. The molecule has 2 heteroatoms. The van der Waals surface area contributed by atoms with E-state index in [2.05, 4.69) is 0 Å². The smallest absolute Gasteiger partial charge is 0.174 e. The van der Waals surface area contributed by atoms with E-state index in [0.717, 1.165) is 5.56 Å². The lowest BCUT2D eigenvalue weighted by molar-refractivity contribution is -0.568. The van der Waals surface area contributed by atoms with Crippen LogP contribution in [-0.2, 0) is 0 Å². The summed E-state index contributed by atoms with van der Waals surface area (Å²) in [6.07, 6.45) is 35.6. The lowest BCUT2D eigenvalue weighted by atomic mass is 10.2. The first-order valence-corrected chi connectivity index (χ1v) is 9.42. The maximum Gasteiger partial charge on any atom is 0.174 e. The summed E-state index contributed by atoms with van der Waals surface area (Å²) >= 11 is 0. The summed E-state index contributed by atoms with van der Waals surface area (Å²) in [5.74, 6) is 0.0311. The van der Waals surface area contributed by atoms with E-state index in [4.69, 9.17) is 0 Å². The predicted octanol–water partition coefficient (Wildman–Crippen LogP) is 5.57. The molecule has 29 heavy (non-hydrogen) atoms. The molecule has 0 aliphatic heterocycles. The molecule has 1 heterocycles. The van der Waals surface area contributed by atoms with Gasteiger partial charge >= 0.3 is 0 Å². The molecule has 2 rings (SSSR count). The largest absolute Gasteiger partial charge is 0.872 e. The molecule has 0 aliphatic carbocycles. The van der Waals surface area contributed by atoms with Crippen molar-refractivity contribution in [3.05, 3.63) is 145 Å². The highest BCUT2D eigenvalue weighted by molar-refractivity contribution is 5.52. The third-order valence-electron chi connectivity index (χ3n) is 3.61. The van der Waals surface area contributed by atoms with Gasteiger partial charge in [-0.25, -0.2) is 0 Å². The highest BCUT2D eigenvalue weighted by atomic mass is 16.3. The van der Waals surface area contributed by atoms with Gasteiger partial charge in [-0.2, -0.15) is 4.57 Å². The minimum absolute atomic E-state index is 0.0311. The Morgan fingerprint density at radius 2 is 0.966 bits per heavy atom. The first kappa shape index (κ1) is 21.4. The molecule has 0 spiro atoms. The van der Waals surface area contributed by atoms with Gasteiger partial charge in [-0.05, 0) is 5.56 Å². The van der Waals surface area contributed by atoms with Crippen molar-refractivity contribution in [2.24, 2.45) is 0 Å². The van der Waals surface area contributed by atoms with Crippen LogP contribution in [0.15, 0.2) is 140 Å². The van der Waals surface area contributed by atoms with E-state index in [0.29, 0.717) is 0 Å². The Labute approximate surface area is 173 Å². The maximum atomic E-state index is 11.0. The molecule has 0 aliphatic rings. The quantitative estimate of drug-likeness (QED) is 0.413. The van der Waals surface area contributed by atoms with Crippen molar-refractivity contribution < 1.29 is 9.67 Å². The van der Waals surface area contributed by atoms with E-state index in [1.54, 1.807) is 12.1 Å². The van der Waals surface area contributed by atoms with Crippen molar-refractivity contribution in [2.45, 2.75) is 0 Å². The predicted molar refractivity (Wildman–Crippen MR) is 122 cm³/mol. The Morgan fingerprint density at radius 3 is 1.48 bits per heavy atom. The average Bonchev–Trinajstić information content (AvgIpc) is 2.75. The third kappa shape index (κ3) is 10.7. The second kappa shape index (κ2) is 14.2. The van der Waals surface area contributed by atoms with Gasteiger partial charge in [0.05, 0.1) is 0 Å². The van der Waals surface area contributed by atoms with Crippen molar-refractivity contribution >= 4 is 12.3 Å². The Balaban J connectivity index is 1.61. The lowest BCUT2D eigenvalue weighted by Crippen LogP contribution is -2.23. The monoisotopic (exact) mass is 379 g/mol. The standard InChI is InChI=1S/C27H25NO/c29-27-21-19-26(20-22-27)18-14-11-9-7-5-3-1-2-4-6-8-10-12-15-23-28-24-16-13-17-25-28/h1-25H/b3-1+,4-2+,7-5+,8-6+,11-9+,12-10+,18-14+,23-15+. The fourth-order valence-electron chi connectivity index (χ4n) is 2.18. The zero-order chi connectivity index (χ0) is 20.4. The molecule has 1 aromatic heterocycles. The highest BCUT2D eigenvalue weighted by Crippen LogP contribution is 2.08. The molecular formula is C27H25NO. The Hall–Kier alpha value is -3.91. The highest BCUT2D eigenvalue weighted by Gasteiger charge is 1.86. The molecule has 0 unspecified atom stereocenters. The van der Waals surface area contributed by atoms with Crippen LogP contribution in [0.3, 0.4) is 0 Å². The number of nitrogens with zero attached hydrogens (tertiary/aromatic N) is 1. The minimum Gasteiger partial charge on any atom is -0.872 e.